The molecule has 6 heteroatoms. The van der Waals surface area contributed by atoms with Gasteiger partial charge in [0.05, 0.1) is 5.56 Å². The molecule has 1 atom stereocenters. The molecule has 0 bridgehead atoms. The van der Waals surface area contributed by atoms with Gasteiger partial charge in [-0.25, -0.2) is 0 Å². The van der Waals surface area contributed by atoms with E-state index < -0.39 is 11.7 Å². The molecule has 1 aromatic heterocycles. The minimum atomic E-state index is -4.31. The lowest BCUT2D eigenvalue weighted by molar-refractivity contribution is -0.137. The first-order valence-corrected chi connectivity index (χ1v) is 11.2. The van der Waals surface area contributed by atoms with Gasteiger partial charge in [-0.2, -0.15) is 13.2 Å². The van der Waals surface area contributed by atoms with Crippen molar-refractivity contribution in [1.29, 1.82) is 0 Å². The lowest BCUT2D eigenvalue weighted by atomic mass is 9.90. The first kappa shape index (κ1) is 20.6. The summed E-state index contributed by atoms with van der Waals surface area (Å²) in [6.45, 7) is 3.12. The summed E-state index contributed by atoms with van der Waals surface area (Å²) in [4.78, 5) is 5.94. The maximum Gasteiger partial charge on any atom is 0.416 e. The third-order valence-electron chi connectivity index (χ3n) is 6.81. The third kappa shape index (κ3) is 4.37. The van der Waals surface area contributed by atoms with Gasteiger partial charge < -0.3 is 10.3 Å². The average molecular weight is 428 g/mol. The Morgan fingerprint density at radius 2 is 1.77 bits per heavy atom. The maximum atomic E-state index is 13.2. The number of halogens is 3. The number of benzene rings is 2. The van der Waals surface area contributed by atoms with E-state index >= 15 is 0 Å². The molecule has 1 saturated heterocycles. The number of rotatable bonds is 4. The molecule has 2 N–H and O–H groups in total. The summed E-state index contributed by atoms with van der Waals surface area (Å²) < 4.78 is 39.5. The Balaban J connectivity index is 1.27. The summed E-state index contributed by atoms with van der Waals surface area (Å²) in [5, 5.41) is 4.55. The smallest absolute Gasteiger partial charge is 0.357 e. The molecule has 0 radical (unpaired) electrons. The van der Waals surface area contributed by atoms with E-state index in [1.807, 2.05) is 6.07 Å². The van der Waals surface area contributed by atoms with Crippen LogP contribution in [0.3, 0.4) is 0 Å². The molecule has 1 unspecified atom stereocenters. The van der Waals surface area contributed by atoms with Gasteiger partial charge >= 0.3 is 6.18 Å². The van der Waals surface area contributed by atoms with Crippen LogP contribution >= 0.6 is 0 Å². The number of aromatic amines is 1. The van der Waals surface area contributed by atoms with E-state index in [-0.39, 0.29) is 6.04 Å². The molecule has 3 aromatic rings. The highest BCUT2D eigenvalue weighted by Crippen LogP contribution is 2.38. The summed E-state index contributed by atoms with van der Waals surface area (Å²) in [6.07, 6.45) is 0.744. The summed E-state index contributed by atoms with van der Waals surface area (Å²) in [5.41, 5.74) is 3.74. The van der Waals surface area contributed by atoms with Crippen LogP contribution in [-0.2, 0) is 19.1 Å². The van der Waals surface area contributed by atoms with E-state index in [9.17, 15) is 13.2 Å². The maximum absolute atomic E-state index is 13.2. The van der Waals surface area contributed by atoms with Gasteiger partial charge in [0.15, 0.2) is 0 Å². The predicted octanol–water partition coefficient (Wildman–Crippen LogP) is 5.82. The first-order chi connectivity index (χ1) is 15.0. The van der Waals surface area contributed by atoms with Crippen molar-refractivity contribution in [2.45, 2.75) is 56.9 Å². The highest BCUT2D eigenvalue weighted by Gasteiger charge is 2.32. The van der Waals surface area contributed by atoms with Crippen LogP contribution in [0.4, 0.5) is 13.2 Å². The van der Waals surface area contributed by atoms with Crippen molar-refractivity contribution in [3.8, 4) is 0 Å². The van der Waals surface area contributed by atoms with Crippen LogP contribution in [0, 0.1) is 0 Å². The number of fused-ring (bicyclic) bond motifs is 3. The molecule has 1 fully saturated rings. The molecule has 0 saturated carbocycles. The lowest BCUT2D eigenvalue weighted by Crippen LogP contribution is -2.44. The Morgan fingerprint density at radius 1 is 1.00 bits per heavy atom. The van der Waals surface area contributed by atoms with Gasteiger partial charge in [-0.05, 0) is 74.5 Å². The van der Waals surface area contributed by atoms with Gasteiger partial charge in [-0.1, -0.05) is 30.3 Å². The van der Waals surface area contributed by atoms with Crippen LogP contribution in [0.2, 0.25) is 0 Å². The van der Waals surface area contributed by atoms with E-state index in [1.54, 1.807) is 6.07 Å². The van der Waals surface area contributed by atoms with Crippen molar-refractivity contribution in [2.75, 3.05) is 13.1 Å². The van der Waals surface area contributed by atoms with Crippen LogP contribution < -0.4 is 5.32 Å². The fraction of sp³-hybridized carbons (Fsp3) is 0.440. The molecule has 3 nitrogen and oxygen atoms in total. The third-order valence-corrected chi connectivity index (χ3v) is 6.81. The van der Waals surface area contributed by atoms with Gasteiger partial charge in [0, 0.05) is 35.2 Å². The quantitative estimate of drug-likeness (QED) is 0.550. The number of nitrogens with zero attached hydrogens (tertiary/aromatic N) is 1. The number of H-pyrrole nitrogens is 1. The van der Waals surface area contributed by atoms with Crippen LogP contribution in [-0.4, -0.2) is 29.0 Å². The van der Waals surface area contributed by atoms with Crippen molar-refractivity contribution in [1.82, 2.24) is 15.2 Å². The topological polar surface area (TPSA) is 31.1 Å². The Labute approximate surface area is 180 Å². The standard InChI is InChI=1S/C25H28F3N3/c26-25(27,28)18-9-10-22-21(15-18)20-7-4-8-23(24(20)30-22)29-19-11-13-31(14-12-19)16-17-5-2-1-3-6-17/h1-3,5-6,9-10,15,19,23,29-30H,4,7-8,11-14,16H2. The number of aryl methyl sites for hydroxylation is 1. The molecule has 2 aromatic carbocycles. The highest BCUT2D eigenvalue weighted by atomic mass is 19.4. The molecule has 164 valence electrons. The summed E-state index contributed by atoms with van der Waals surface area (Å²) in [6, 6.07) is 15.3. The second kappa shape index (κ2) is 8.32. The monoisotopic (exact) mass is 427 g/mol. The molecule has 31 heavy (non-hydrogen) atoms. The first-order valence-electron chi connectivity index (χ1n) is 11.2. The number of piperidine rings is 1. The Hall–Kier alpha value is -2.31. The molecule has 5 rings (SSSR count). The normalized spacial score (nSPS) is 20.8. The molecule has 0 spiro atoms. The largest absolute Gasteiger partial charge is 0.416 e. The molecule has 1 aliphatic heterocycles. The molecule has 2 aliphatic rings. The Bertz CT molecular complexity index is 1030. The van der Waals surface area contributed by atoms with E-state index in [0.29, 0.717) is 6.04 Å². The number of alkyl halides is 3. The van der Waals surface area contributed by atoms with Crippen molar-refractivity contribution >= 4 is 10.9 Å². The number of aromatic nitrogens is 1. The minimum absolute atomic E-state index is 0.191. The van der Waals surface area contributed by atoms with Crippen molar-refractivity contribution in [3.63, 3.8) is 0 Å². The van der Waals surface area contributed by atoms with Crippen molar-refractivity contribution in [2.24, 2.45) is 0 Å². The molecule has 1 aliphatic carbocycles. The lowest BCUT2D eigenvalue weighted by Gasteiger charge is -2.35. The number of hydrogen-bond donors (Lipinski definition) is 2. The zero-order chi connectivity index (χ0) is 21.4. The van der Waals surface area contributed by atoms with Gasteiger partial charge in [-0.15, -0.1) is 0 Å². The number of nitrogens with one attached hydrogen (secondary N) is 2. The summed E-state index contributed by atoms with van der Waals surface area (Å²) in [5.74, 6) is 0. The van der Waals surface area contributed by atoms with E-state index in [0.717, 1.165) is 73.9 Å². The second-order valence-electron chi connectivity index (χ2n) is 8.92. The van der Waals surface area contributed by atoms with Gasteiger partial charge in [0.25, 0.3) is 0 Å². The fourth-order valence-electron chi connectivity index (χ4n) is 5.19. The minimum Gasteiger partial charge on any atom is -0.357 e. The molecule has 0 amide bonds. The van der Waals surface area contributed by atoms with E-state index in [4.69, 9.17) is 0 Å². The second-order valence-corrected chi connectivity index (χ2v) is 8.92. The SMILES string of the molecule is FC(F)(F)c1ccc2[nH]c3c(c2c1)CCCC3NC1CCN(Cc2ccccc2)CC1. The van der Waals surface area contributed by atoms with Gasteiger partial charge in [-0.3, -0.25) is 4.90 Å². The summed E-state index contributed by atoms with van der Waals surface area (Å²) in [7, 11) is 0. The van der Waals surface area contributed by atoms with Crippen molar-refractivity contribution in [3.05, 3.63) is 70.9 Å². The molecule has 2 heterocycles. The average Bonchev–Trinajstić information content (AvgIpc) is 3.14. The number of likely N-dealkylation sites (tertiary alicyclic amines) is 1. The predicted molar refractivity (Wildman–Crippen MR) is 117 cm³/mol. The van der Waals surface area contributed by atoms with Gasteiger partial charge in [0.1, 0.15) is 0 Å². The fourth-order valence-corrected chi connectivity index (χ4v) is 5.19. The Kier molecular flexibility index (Phi) is 5.52. The Morgan fingerprint density at radius 3 is 2.52 bits per heavy atom. The molecular weight excluding hydrogens is 399 g/mol. The van der Waals surface area contributed by atoms with Crippen LogP contribution in [0.25, 0.3) is 10.9 Å². The van der Waals surface area contributed by atoms with E-state index in [2.05, 4.69) is 39.5 Å². The van der Waals surface area contributed by atoms with Crippen LogP contribution in [0.5, 0.6) is 0 Å². The number of hydrogen-bond acceptors (Lipinski definition) is 2. The molecular formula is C25H28F3N3. The van der Waals surface area contributed by atoms with Crippen LogP contribution in [0.15, 0.2) is 48.5 Å². The zero-order valence-corrected chi connectivity index (χ0v) is 17.5. The van der Waals surface area contributed by atoms with Gasteiger partial charge in [0.2, 0.25) is 0 Å². The van der Waals surface area contributed by atoms with Crippen molar-refractivity contribution < 1.29 is 13.2 Å². The van der Waals surface area contributed by atoms with Crippen LogP contribution in [0.1, 0.15) is 54.1 Å². The zero-order valence-electron chi connectivity index (χ0n) is 17.5. The highest BCUT2D eigenvalue weighted by molar-refractivity contribution is 5.86. The van der Waals surface area contributed by atoms with E-state index in [1.165, 1.54) is 17.7 Å². The summed E-state index contributed by atoms with van der Waals surface area (Å²) >= 11 is 0.